The molecule has 1 aromatic rings. The Balaban J connectivity index is 2.83. The molecule has 0 aliphatic carbocycles. The summed E-state index contributed by atoms with van der Waals surface area (Å²) in [6.07, 6.45) is 4.53. The third kappa shape index (κ3) is 5.71. The van der Waals surface area contributed by atoms with E-state index in [4.69, 9.17) is 0 Å². The van der Waals surface area contributed by atoms with Crippen molar-refractivity contribution in [2.45, 2.75) is 73.3 Å². The summed E-state index contributed by atoms with van der Waals surface area (Å²) in [5, 5.41) is 10.6. The first-order valence-electron chi connectivity index (χ1n) is 12.1. The van der Waals surface area contributed by atoms with Crippen LogP contribution in [0.5, 0.6) is 0 Å². The molecule has 1 atom stereocenters. The van der Waals surface area contributed by atoms with Crippen LogP contribution in [0.25, 0.3) is 5.57 Å². The minimum Gasteiger partial charge on any atom is -0.392 e. The van der Waals surface area contributed by atoms with E-state index in [0.29, 0.717) is 11.8 Å². The van der Waals surface area contributed by atoms with Crippen molar-refractivity contribution in [3.05, 3.63) is 52.6 Å². The Kier molecular flexibility index (Phi) is 9.61. The van der Waals surface area contributed by atoms with Gasteiger partial charge in [-0.05, 0) is 47.9 Å². The van der Waals surface area contributed by atoms with E-state index in [1.165, 1.54) is 23.5 Å². The molecule has 1 aliphatic heterocycles. The van der Waals surface area contributed by atoms with E-state index < -0.39 is 0 Å². The first kappa shape index (κ1) is 25.5. The first-order chi connectivity index (χ1) is 14.8. The number of aliphatic hydroxyl groups excluding tert-OH is 1. The van der Waals surface area contributed by atoms with Gasteiger partial charge in [0.25, 0.3) is 0 Å². The average Bonchev–Trinajstić information content (AvgIpc) is 2.73. The zero-order valence-corrected chi connectivity index (χ0v) is 20.7. The smallest absolute Gasteiger partial charge is 0.123 e. The zero-order valence-electron chi connectivity index (χ0n) is 20.7. The van der Waals surface area contributed by atoms with E-state index in [9.17, 15) is 9.50 Å². The maximum Gasteiger partial charge on any atom is 0.123 e. The van der Waals surface area contributed by atoms with Crippen molar-refractivity contribution in [2.24, 2.45) is 11.8 Å². The van der Waals surface area contributed by atoms with Crippen molar-refractivity contribution in [2.75, 3.05) is 26.7 Å². The van der Waals surface area contributed by atoms with Crippen LogP contribution in [0.3, 0.4) is 0 Å². The average molecular weight is 431 g/mol. The summed E-state index contributed by atoms with van der Waals surface area (Å²) in [6.45, 7) is 15.4. The Hall–Kier alpha value is -1.81. The first-order valence-corrected chi connectivity index (χ1v) is 12.1. The third-order valence-corrected chi connectivity index (χ3v) is 6.32. The Bertz CT molecular complexity index is 756. The molecule has 1 unspecified atom stereocenters. The summed E-state index contributed by atoms with van der Waals surface area (Å²) in [7, 11) is 2.18. The highest BCUT2D eigenvalue weighted by atomic mass is 19.1. The maximum atomic E-state index is 13.8. The van der Waals surface area contributed by atoms with E-state index >= 15 is 0 Å². The van der Waals surface area contributed by atoms with Gasteiger partial charge in [-0.25, -0.2) is 4.39 Å². The molecular formula is C27H43FN2O. The lowest BCUT2D eigenvalue weighted by Crippen LogP contribution is -2.46. The molecule has 4 heteroatoms. The van der Waals surface area contributed by atoms with Crippen LogP contribution in [0.4, 0.5) is 4.39 Å². The van der Waals surface area contributed by atoms with Gasteiger partial charge in [0, 0.05) is 31.4 Å². The second kappa shape index (κ2) is 11.7. The van der Waals surface area contributed by atoms with Gasteiger partial charge in [-0.3, -0.25) is 0 Å². The monoisotopic (exact) mass is 430 g/mol. The highest BCUT2D eigenvalue weighted by molar-refractivity contribution is 5.84. The Morgan fingerprint density at radius 1 is 1.00 bits per heavy atom. The molecular weight excluding hydrogens is 387 g/mol. The number of allylic oxidation sites excluding steroid dienone is 2. The SMILES string of the molecule is CCCCN(CCCC)C1=C(C(C)C)N(C)C(C(C)C)C(CO)=C1c1ccc(F)cc1. The second-order valence-corrected chi connectivity index (χ2v) is 9.45. The number of nitrogens with zero attached hydrogens (tertiary/aromatic N) is 2. The molecule has 0 saturated heterocycles. The van der Waals surface area contributed by atoms with Crippen molar-refractivity contribution in [3.8, 4) is 0 Å². The van der Waals surface area contributed by atoms with Gasteiger partial charge in [-0.1, -0.05) is 66.5 Å². The number of hydrogen-bond acceptors (Lipinski definition) is 3. The molecule has 1 N–H and O–H groups in total. The standard InChI is InChI=1S/C27H43FN2O/c1-8-10-16-30(17-11-9-2)27-24(21-12-14-22(28)15-13-21)23(18-31)25(19(3)4)29(7)26(27)20(5)6/h12-15,19-20,25,31H,8-11,16-18H2,1-7H3. The lowest BCUT2D eigenvalue weighted by atomic mass is 9.81. The van der Waals surface area contributed by atoms with Gasteiger partial charge in [-0.2, -0.15) is 0 Å². The number of aliphatic hydroxyl groups is 1. The largest absolute Gasteiger partial charge is 0.392 e. The summed E-state index contributed by atoms with van der Waals surface area (Å²) in [5.41, 5.74) is 5.70. The minimum absolute atomic E-state index is 0.00413. The maximum absolute atomic E-state index is 13.8. The number of unbranched alkanes of at least 4 members (excludes halogenated alkanes) is 2. The second-order valence-electron chi connectivity index (χ2n) is 9.45. The van der Waals surface area contributed by atoms with Crippen LogP contribution in [0, 0.1) is 17.7 Å². The molecule has 0 aromatic heterocycles. The van der Waals surface area contributed by atoms with Gasteiger partial charge in [0.1, 0.15) is 5.82 Å². The highest BCUT2D eigenvalue weighted by Crippen LogP contribution is 2.43. The van der Waals surface area contributed by atoms with Crippen molar-refractivity contribution in [1.29, 1.82) is 0 Å². The predicted molar refractivity (Wildman–Crippen MR) is 130 cm³/mol. The van der Waals surface area contributed by atoms with Gasteiger partial charge < -0.3 is 14.9 Å². The van der Waals surface area contributed by atoms with Crippen LogP contribution in [0.1, 0.15) is 72.8 Å². The van der Waals surface area contributed by atoms with E-state index in [1.54, 1.807) is 0 Å². The van der Waals surface area contributed by atoms with E-state index in [0.717, 1.165) is 55.5 Å². The normalized spacial score (nSPS) is 17.4. The van der Waals surface area contributed by atoms with E-state index in [1.807, 2.05) is 12.1 Å². The Labute approximate surface area is 189 Å². The third-order valence-electron chi connectivity index (χ3n) is 6.32. The highest BCUT2D eigenvalue weighted by Gasteiger charge is 2.37. The lowest BCUT2D eigenvalue weighted by Gasteiger charge is -2.47. The number of hydrogen-bond donors (Lipinski definition) is 1. The number of rotatable bonds is 11. The summed E-state index contributed by atoms with van der Waals surface area (Å²) in [5.74, 6) is 0.451. The van der Waals surface area contributed by atoms with E-state index in [-0.39, 0.29) is 18.5 Å². The van der Waals surface area contributed by atoms with Crippen molar-refractivity contribution in [1.82, 2.24) is 9.80 Å². The molecule has 0 spiro atoms. The molecule has 1 aliphatic rings. The fraction of sp³-hybridized carbons (Fsp3) is 0.630. The quantitative estimate of drug-likeness (QED) is 0.445. The predicted octanol–water partition coefficient (Wildman–Crippen LogP) is 6.31. The molecule has 0 fully saturated rings. The molecule has 2 rings (SSSR count). The molecule has 0 bridgehead atoms. The van der Waals surface area contributed by atoms with Crippen LogP contribution >= 0.6 is 0 Å². The van der Waals surface area contributed by atoms with Crippen LogP contribution in [-0.2, 0) is 0 Å². The van der Waals surface area contributed by atoms with Crippen molar-refractivity contribution < 1.29 is 9.50 Å². The van der Waals surface area contributed by atoms with Crippen LogP contribution in [0.2, 0.25) is 0 Å². The molecule has 31 heavy (non-hydrogen) atoms. The number of halogens is 1. The van der Waals surface area contributed by atoms with Crippen LogP contribution in [0.15, 0.2) is 41.2 Å². The summed E-state index contributed by atoms with van der Waals surface area (Å²) >= 11 is 0. The minimum atomic E-state index is -0.230. The lowest BCUT2D eigenvalue weighted by molar-refractivity contribution is 0.205. The van der Waals surface area contributed by atoms with Gasteiger partial charge in [0.2, 0.25) is 0 Å². The van der Waals surface area contributed by atoms with Gasteiger partial charge in [0.15, 0.2) is 0 Å². The Morgan fingerprint density at radius 3 is 1.97 bits per heavy atom. The number of likely N-dealkylation sites (N-methyl/N-ethyl adjacent to an activating group) is 1. The Morgan fingerprint density at radius 2 is 1.55 bits per heavy atom. The summed E-state index contributed by atoms with van der Waals surface area (Å²) < 4.78 is 13.8. The molecule has 3 nitrogen and oxygen atoms in total. The van der Waals surface area contributed by atoms with Crippen LogP contribution in [-0.4, -0.2) is 47.7 Å². The summed E-state index contributed by atoms with van der Waals surface area (Å²) in [6, 6.07) is 6.94. The van der Waals surface area contributed by atoms with Crippen molar-refractivity contribution >= 4 is 5.57 Å². The van der Waals surface area contributed by atoms with E-state index in [2.05, 4.69) is 58.4 Å². The molecule has 1 aromatic carbocycles. The number of benzene rings is 1. The van der Waals surface area contributed by atoms with Crippen molar-refractivity contribution in [3.63, 3.8) is 0 Å². The molecule has 0 saturated carbocycles. The van der Waals surface area contributed by atoms with Gasteiger partial charge in [-0.15, -0.1) is 0 Å². The molecule has 1 heterocycles. The fourth-order valence-electron chi connectivity index (χ4n) is 4.97. The fourth-order valence-corrected chi connectivity index (χ4v) is 4.97. The molecule has 0 radical (unpaired) electrons. The topological polar surface area (TPSA) is 26.7 Å². The molecule has 0 amide bonds. The van der Waals surface area contributed by atoms with Gasteiger partial charge in [0.05, 0.1) is 18.3 Å². The zero-order chi connectivity index (χ0) is 23.1. The summed E-state index contributed by atoms with van der Waals surface area (Å²) in [4.78, 5) is 4.93. The van der Waals surface area contributed by atoms with Gasteiger partial charge >= 0.3 is 0 Å². The van der Waals surface area contributed by atoms with Crippen LogP contribution < -0.4 is 0 Å². The molecule has 174 valence electrons.